The molecule has 0 aromatic rings. The van der Waals surface area contributed by atoms with E-state index in [4.69, 9.17) is 66.3 Å². The van der Waals surface area contributed by atoms with Crippen LogP contribution in [0, 0.1) is 5.92 Å². The molecule has 0 bridgehead atoms. The van der Waals surface area contributed by atoms with Crippen molar-refractivity contribution >= 4 is 0 Å². The van der Waals surface area contributed by atoms with Crippen LogP contribution >= 0.6 is 0 Å². The van der Waals surface area contributed by atoms with Gasteiger partial charge < -0.3 is 168 Å². The molecule has 462 valence electrons. The molecule has 0 aromatic carbocycles. The molecule has 7 aliphatic rings. The summed E-state index contributed by atoms with van der Waals surface area (Å²) in [6.45, 7) is -2.07. The van der Waals surface area contributed by atoms with E-state index in [9.17, 15) is 102 Å². The van der Waals surface area contributed by atoms with Crippen molar-refractivity contribution in [2.75, 3.05) is 46.8 Å². The van der Waals surface area contributed by atoms with Crippen LogP contribution in [0.1, 0.15) is 20.3 Å². The zero-order valence-corrected chi connectivity index (χ0v) is 42.8. The van der Waals surface area contributed by atoms with Crippen LogP contribution in [0.2, 0.25) is 0 Å². The smallest absolute Gasteiger partial charge is 0.187 e. The molecule has 0 aliphatic carbocycles. The molecular weight excluding hydrogens is 1080 g/mol. The number of rotatable bonds is 20. The first-order valence-electron chi connectivity index (χ1n) is 25.7. The van der Waals surface area contributed by atoms with Crippen LogP contribution in [-0.4, -0.2) is 358 Å². The summed E-state index contributed by atoms with van der Waals surface area (Å²) >= 11 is 0. The molecule has 20 N–H and O–H groups in total. The molecule has 7 rings (SSSR count). The summed E-state index contributed by atoms with van der Waals surface area (Å²) in [4.78, 5) is 0. The van der Waals surface area contributed by atoms with Crippen LogP contribution in [0.4, 0.5) is 0 Å². The van der Waals surface area contributed by atoms with Crippen molar-refractivity contribution in [1.29, 1.82) is 0 Å². The lowest BCUT2D eigenvalue weighted by molar-refractivity contribution is -0.397. The van der Waals surface area contributed by atoms with Gasteiger partial charge >= 0.3 is 0 Å². The van der Waals surface area contributed by atoms with Crippen molar-refractivity contribution in [2.45, 2.75) is 229 Å². The van der Waals surface area contributed by atoms with Crippen molar-refractivity contribution in [3.8, 4) is 0 Å². The first kappa shape index (κ1) is 65.2. The summed E-state index contributed by atoms with van der Waals surface area (Å²) < 4.78 is 78.9. The summed E-state index contributed by atoms with van der Waals surface area (Å²) in [7, 11) is 1.25. The Morgan fingerprint density at radius 1 is 0.316 bits per heavy atom. The quantitative estimate of drug-likeness (QED) is 0.0538. The van der Waals surface area contributed by atoms with Gasteiger partial charge in [0, 0.05) is 13.5 Å². The van der Waals surface area contributed by atoms with Crippen LogP contribution in [-0.2, 0) is 66.3 Å². The second-order valence-corrected chi connectivity index (χ2v) is 20.7. The Labute approximate surface area is 449 Å². The van der Waals surface area contributed by atoms with Gasteiger partial charge in [-0.25, -0.2) is 0 Å². The molecular formula is C45H78O34. The fourth-order valence-corrected chi connectivity index (χ4v) is 10.5. The molecule has 34 nitrogen and oxygen atoms in total. The highest BCUT2D eigenvalue weighted by Crippen LogP contribution is 2.38. The third kappa shape index (κ3) is 13.7. The van der Waals surface area contributed by atoms with Gasteiger partial charge in [0.05, 0.1) is 58.0 Å². The van der Waals surface area contributed by atoms with Crippen molar-refractivity contribution in [1.82, 2.24) is 0 Å². The highest BCUT2D eigenvalue weighted by atomic mass is 16.8. The van der Waals surface area contributed by atoms with Crippen molar-refractivity contribution < 1.29 is 168 Å². The summed E-state index contributed by atoms with van der Waals surface area (Å²) in [5.41, 5.74) is 0. The molecule has 0 amide bonds. The molecule has 34 atom stereocenters. The second-order valence-electron chi connectivity index (χ2n) is 20.7. The Kier molecular flexibility index (Phi) is 23.3. The average molecular weight is 1160 g/mol. The van der Waals surface area contributed by atoms with E-state index in [-0.39, 0.29) is 12.3 Å². The van der Waals surface area contributed by atoms with Crippen molar-refractivity contribution in [2.24, 2.45) is 5.92 Å². The van der Waals surface area contributed by atoms with Crippen LogP contribution < -0.4 is 0 Å². The lowest BCUT2D eigenvalue weighted by Gasteiger charge is -2.50. The van der Waals surface area contributed by atoms with Gasteiger partial charge in [-0.1, -0.05) is 13.8 Å². The lowest BCUT2D eigenvalue weighted by atomic mass is 9.91. The van der Waals surface area contributed by atoms with Crippen molar-refractivity contribution in [3.63, 3.8) is 0 Å². The molecule has 0 aromatic heterocycles. The molecule has 0 spiro atoms. The SMILES string of the molecule is COC1OC(C(C)C)[C@@H](OC2OC(CO)[C@@H](OC3OC(CO)[C@@H](OC4OC(CO)[C@@H](OC5OC(CO)[C@@H](OC6OC(CO)[C@@H](OC7OC(CO)CC(O)[C@H]7O)C(O)[C@H]6O)C(O)[C@H]5O)C(O)[C@H]4O)C(O)[C@H]3O)C(O)[C@H]2O)C(O)[C@H]1O. The van der Waals surface area contributed by atoms with Crippen LogP contribution in [0.3, 0.4) is 0 Å². The van der Waals surface area contributed by atoms with Gasteiger partial charge in [-0.2, -0.15) is 0 Å². The molecule has 7 saturated heterocycles. The Hall–Kier alpha value is -1.36. The van der Waals surface area contributed by atoms with Gasteiger partial charge in [0.1, 0.15) is 146 Å². The molecule has 7 heterocycles. The maximum atomic E-state index is 11.3. The number of aliphatic hydroxyl groups excluding tert-OH is 20. The van der Waals surface area contributed by atoms with Crippen molar-refractivity contribution in [3.05, 3.63) is 0 Å². The third-order valence-corrected chi connectivity index (χ3v) is 15.0. The average Bonchev–Trinajstić information content (AvgIpc) is 3.46. The minimum absolute atomic E-state index is 0.165. The maximum absolute atomic E-state index is 11.3. The summed E-state index contributed by atoms with van der Waals surface area (Å²) in [5, 5.41) is 215. The molecule has 0 radical (unpaired) electrons. The summed E-state index contributed by atoms with van der Waals surface area (Å²) in [6.07, 6.45) is -60.8. The number of methoxy groups -OCH3 is 1. The zero-order valence-electron chi connectivity index (χ0n) is 42.8. The van der Waals surface area contributed by atoms with Crippen LogP contribution in [0.5, 0.6) is 0 Å². The summed E-state index contributed by atoms with van der Waals surface area (Å²) in [5.74, 6) is -0.360. The van der Waals surface area contributed by atoms with E-state index in [1.807, 2.05) is 0 Å². The fourth-order valence-electron chi connectivity index (χ4n) is 10.5. The van der Waals surface area contributed by atoms with E-state index in [1.54, 1.807) is 13.8 Å². The normalized spacial score (nSPS) is 52.1. The Morgan fingerprint density at radius 2 is 0.570 bits per heavy atom. The Bertz CT molecular complexity index is 1820. The number of ether oxygens (including phenoxy) is 14. The minimum Gasteiger partial charge on any atom is -0.394 e. The Morgan fingerprint density at radius 3 is 0.823 bits per heavy atom. The first-order valence-corrected chi connectivity index (χ1v) is 25.7. The number of hydrogen-bond acceptors (Lipinski definition) is 34. The monoisotopic (exact) mass is 1160 g/mol. The van der Waals surface area contributed by atoms with E-state index in [1.165, 1.54) is 7.11 Å². The predicted octanol–water partition coefficient (Wildman–Crippen LogP) is -12.9. The molecule has 7 fully saturated rings. The van der Waals surface area contributed by atoms with Gasteiger partial charge in [0.2, 0.25) is 0 Å². The van der Waals surface area contributed by atoms with Gasteiger partial charge in [0.25, 0.3) is 0 Å². The van der Waals surface area contributed by atoms with Gasteiger partial charge in [-0.15, -0.1) is 0 Å². The Balaban J connectivity index is 0.948. The van der Waals surface area contributed by atoms with E-state index in [2.05, 4.69) is 0 Å². The minimum atomic E-state index is -2.20. The maximum Gasteiger partial charge on any atom is 0.187 e. The highest BCUT2D eigenvalue weighted by molar-refractivity contribution is 5.01. The molecule has 0 saturated carbocycles. The van der Waals surface area contributed by atoms with Crippen LogP contribution in [0.25, 0.3) is 0 Å². The largest absolute Gasteiger partial charge is 0.394 e. The number of hydrogen-bond donors (Lipinski definition) is 20. The number of aliphatic hydroxyl groups is 20. The van der Waals surface area contributed by atoms with Gasteiger partial charge in [0.15, 0.2) is 44.0 Å². The topological polar surface area (TPSA) is 534 Å². The summed E-state index contributed by atoms with van der Waals surface area (Å²) in [6, 6.07) is 0. The third-order valence-electron chi connectivity index (χ3n) is 15.0. The predicted molar refractivity (Wildman–Crippen MR) is 243 cm³/mol. The van der Waals surface area contributed by atoms with E-state index >= 15 is 0 Å². The standard InChI is InChI=1S/C45H78O34/c1-11(2)32-38(25(59)26(60)39(66-3)73-32)79-45-31(65)24(58)37(18(10-51)72-45)78-44-30(64)23(57)36(17(9-50)71-44)77-43-29(63)22(56)35(16(8-49)70-43)76-42-28(62)21(55)34(15(7-48)69-42)75-41-27(61)20(54)33(14(6-47)68-41)74-40-19(53)13(52)4-12(5-46)67-40/h11-65H,4-10H2,1-3H3/t12?,13?,14?,15?,16?,17?,18?,19-,20?,21?,22?,23?,24?,25?,26-,27-,28-,29-,30-,31-,32?,33-,34-,35-,36-,37-,38+,39?,40?,41?,42?,43?,44?,45?/m1/s1. The first-order chi connectivity index (χ1) is 37.5. The molecule has 7 aliphatic heterocycles. The highest BCUT2D eigenvalue weighted by Gasteiger charge is 2.58. The lowest BCUT2D eigenvalue weighted by Crippen LogP contribution is -2.68. The van der Waals surface area contributed by atoms with E-state index < -0.39 is 248 Å². The van der Waals surface area contributed by atoms with Gasteiger partial charge in [-0.3, -0.25) is 0 Å². The van der Waals surface area contributed by atoms with E-state index in [0.717, 1.165) is 0 Å². The fraction of sp³-hybridized carbons (Fsp3) is 1.00. The zero-order chi connectivity index (χ0) is 58.1. The second kappa shape index (κ2) is 28.2. The molecule has 21 unspecified atom stereocenters. The molecule has 79 heavy (non-hydrogen) atoms. The van der Waals surface area contributed by atoms with E-state index in [0.29, 0.717) is 0 Å². The van der Waals surface area contributed by atoms with Gasteiger partial charge in [-0.05, 0) is 5.92 Å². The van der Waals surface area contributed by atoms with Crippen LogP contribution in [0.15, 0.2) is 0 Å². The molecule has 34 heteroatoms.